The Morgan fingerprint density at radius 3 is 2.19 bits per heavy atom. The van der Waals surface area contributed by atoms with Gasteiger partial charge in [-0.2, -0.15) is 11.8 Å². The van der Waals surface area contributed by atoms with Crippen LogP contribution in [-0.4, -0.2) is 53.5 Å². The van der Waals surface area contributed by atoms with E-state index in [9.17, 15) is 14.4 Å². The number of likely N-dealkylation sites (N-methyl/N-ethyl adjacent to an activating group) is 1. The van der Waals surface area contributed by atoms with E-state index in [-0.39, 0.29) is 11.8 Å². The normalized spacial score (nSPS) is 12.9. The van der Waals surface area contributed by atoms with Gasteiger partial charge in [0.2, 0.25) is 5.91 Å². The molecule has 0 saturated heterocycles. The molecule has 2 atom stereocenters. The fourth-order valence-corrected chi connectivity index (χ4v) is 4.38. The Hall–Kier alpha value is -3.00. The van der Waals surface area contributed by atoms with Crippen molar-refractivity contribution in [3.63, 3.8) is 0 Å². The molecule has 2 aromatic rings. The van der Waals surface area contributed by atoms with Crippen LogP contribution in [0.25, 0.3) is 0 Å². The lowest BCUT2D eigenvalue weighted by atomic mass is 10.0. The van der Waals surface area contributed by atoms with E-state index in [1.807, 2.05) is 69.5 Å². The number of ether oxygens (including phenoxy) is 1. The maximum atomic E-state index is 13.7. The lowest BCUT2D eigenvalue weighted by molar-refractivity contribution is -0.139. The van der Waals surface area contributed by atoms with E-state index in [2.05, 4.69) is 10.6 Å². The summed E-state index contributed by atoms with van der Waals surface area (Å²) < 4.78 is 5.38. The SMILES string of the molecule is CSCCC(NC(=O)OC(C)(C)C)C(=O)N(C)C(C(=O)Nc1c(C)cccc1C)c1cccc(C)c1. The summed E-state index contributed by atoms with van der Waals surface area (Å²) in [5.74, 6) is -0.0307. The number of hydrogen-bond acceptors (Lipinski definition) is 5. The van der Waals surface area contributed by atoms with E-state index >= 15 is 0 Å². The van der Waals surface area contributed by atoms with Crippen LogP contribution in [0.4, 0.5) is 10.5 Å². The number of alkyl carbamates (subject to hydrolysis) is 1. The van der Waals surface area contributed by atoms with Gasteiger partial charge in [0, 0.05) is 12.7 Å². The number of carbonyl (C=O) groups is 3. The third kappa shape index (κ3) is 8.29. The Bertz CT molecular complexity index is 1060. The van der Waals surface area contributed by atoms with Crippen molar-refractivity contribution in [2.24, 2.45) is 0 Å². The van der Waals surface area contributed by atoms with Crippen LogP contribution in [0.1, 0.15) is 55.5 Å². The molecule has 3 amide bonds. The summed E-state index contributed by atoms with van der Waals surface area (Å²) in [6.45, 7) is 11.1. The smallest absolute Gasteiger partial charge is 0.408 e. The van der Waals surface area contributed by atoms with Crippen LogP contribution in [-0.2, 0) is 14.3 Å². The topological polar surface area (TPSA) is 87.7 Å². The molecule has 2 rings (SSSR count). The summed E-state index contributed by atoms with van der Waals surface area (Å²) in [7, 11) is 1.60. The molecular formula is C28H39N3O4S. The van der Waals surface area contributed by atoms with Gasteiger partial charge in [-0.15, -0.1) is 0 Å². The van der Waals surface area contributed by atoms with E-state index < -0.39 is 23.8 Å². The highest BCUT2D eigenvalue weighted by Gasteiger charge is 2.34. The number of benzene rings is 2. The van der Waals surface area contributed by atoms with Crippen molar-refractivity contribution in [1.82, 2.24) is 10.2 Å². The molecule has 7 nitrogen and oxygen atoms in total. The van der Waals surface area contributed by atoms with E-state index in [4.69, 9.17) is 4.74 Å². The van der Waals surface area contributed by atoms with Crippen molar-refractivity contribution in [2.45, 2.75) is 65.6 Å². The monoisotopic (exact) mass is 513 g/mol. The molecule has 196 valence electrons. The average Bonchev–Trinajstić information content (AvgIpc) is 2.77. The summed E-state index contributed by atoms with van der Waals surface area (Å²) in [6, 6.07) is 11.6. The summed E-state index contributed by atoms with van der Waals surface area (Å²) in [6.07, 6.45) is 1.68. The number of nitrogens with zero attached hydrogens (tertiary/aromatic N) is 1. The van der Waals surface area contributed by atoms with Gasteiger partial charge in [0.1, 0.15) is 17.7 Å². The minimum Gasteiger partial charge on any atom is -0.444 e. The average molecular weight is 514 g/mol. The lowest BCUT2D eigenvalue weighted by Gasteiger charge is -2.32. The summed E-state index contributed by atoms with van der Waals surface area (Å²) in [5, 5.41) is 5.75. The van der Waals surface area contributed by atoms with Gasteiger partial charge in [-0.1, -0.05) is 48.0 Å². The molecule has 2 N–H and O–H groups in total. The highest BCUT2D eigenvalue weighted by Crippen LogP contribution is 2.27. The fraction of sp³-hybridized carbons (Fsp3) is 0.464. The lowest BCUT2D eigenvalue weighted by Crippen LogP contribution is -2.51. The van der Waals surface area contributed by atoms with Crippen LogP contribution in [0.5, 0.6) is 0 Å². The van der Waals surface area contributed by atoms with Crippen molar-refractivity contribution >= 4 is 35.4 Å². The number of thioether (sulfide) groups is 1. The van der Waals surface area contributed by atoms with Crippen LogP contribution >= 0.6 is 11.8 Å². The highest BCUT2D eigenvalue weighted by atomic mass is 32.2. The molecule has 0 aliphatic carbocycles. The van der Waals surface area contributed by atoms with Crippen molar-refractivity contribution in [3.05, 3.63) is 64.7 Å². The standard InChI is InChI=1S/C28H39N3O4S/c1-18-11-9-14-21(17-18)24(25(32)30-23-19(2)12-10-13-20(23)3)31(7)26(33)22(15-16-36-8)29-27(34)35-28(4,5)6/h9-14,17,22,24H,15-16H2,1-8H3,(H,29,34)(H,30,32). The molecule has 0 saturated carbocycles. The predicted molar refractivity (Wildman–Crippen MR) is 147 cm³/mol. The van der Waals surface area contributed by atoms with Gasteiger partial charge in [-0.25, -0.2) is 4.79 Å². The van der Waals surface area contributed by atoms with E-state index in [1.165, 1.54) is 4.90 Å². The third-order valence-electron chi connectivity index (χ3n) is 5.67. The first-order valence-corrected chi connectivity index (χ1v) is 13.4. The van der Waals surface area contributed by atoms with Gasteiger partial charge in [-0.3, -0.25) is 9.59 Å². The highest BCUT2D eigenvalue weighted by molar-refractivity contribution is 7.98. The number of aryl methyl sites for hydroxylation is 3. The summed E-state index contributed by atoms with van der Waals surface area (Å²) in [5.41, 5.74) is 3.57. The third-order valence-corrected chi connectivity index (χ3v) is 6.31. The number of para-hydroxylation sites is 1. The van der Waals surface area contributed by atoms with Crippen molar-refractivity contribution in [1.29, 1.82) is 0 Å². The molecule has 2 unspecified atom stereocenters. The van der Waals surface area contributed by atoms with Gasteiger partial charge in [0.25, 0.3) is 5.91 Å². The van der Waals surface area contributed by atoms with Gasteiger partial charge in [-0.05, 0) is 76.7 Å². The zero-order chi connectivity index (χ0) is 27.0. The second-order valence-electron chi connectivity index (χ2n) is 10.0. The molecule has 8 heteroatoms. The number of carbonyl (C=O) groups excluding carboxylic acids is 3. The van der Waals surface area contributed by atoms with Crippen LogP contribution in [0.15, 0.2) is 42.5 Å². The van der Waals surface area contributed by atoms with Crippen molar-refractivity contribution in [2.75, 3.05) is 24.4 Å². The summed E-state index contributed by atoms with van der Waals surface area (Å²) in [4.78, 5) is 41.3. The molecular weight excluding hydrogens is 474 g/mol. The largest absolute Gasteiger partial charge is 0.444 e. The zero-order valence-electron chi connectivity index (χ0n) is 22.6. The number of amides is 3. The maximum Gasteiger partial charge on any atom is 0.408 e. The van der Waals surface area contributed by atoms with Gasteiger partial charge < -0.3 is 20.3 Å². The van der Waals surface area contributed by atoms with Gasteiger partial charge in [0.15, 0.2) is 0 Å². The predicted octanol–water partition coefficient (Wildman–Crippen LogP) is 5.40. The van der Waals surface area contributed by atoms with E-state index in [0.29, 0.717) is 17.7 Å². The molecule has 0 aliphatic heterocycles. The number of rotatable bonds is 9. The first-order chi connectivity index (χ1) is 16.8. The molecule has 0 fully saturated rings. The fourth-order valence-electron chi connectivity index (χ4n) is 3.91. The molecule has 0 aromatic heterocycles. The molecule has 0 heterocycles. The Labute approximate surface area is 219 Å². The van der Waals surface area contributed by atoms with Crippen LogP contribution in [0, 0.1) is 20.8 Å². The van der Waals surface area contributed by atoms with E-state index in [1.54, 1.807) is 39.6 Å². The minimum atomic E-state index is -0.895. The first kappa shape index (κ1) is 29.2. The van der Waals surface area contributed by atoms with Gasteiger partial charge >= 0.3 is 6.09 Å². The van der Waals surface area contributed by atoms with Gasteiger partial charge in [0.05, 0.1) is 0 Å². The maximum absolute atomic E-state index is 13.7. The molecule has 0 bridgehead atoms. The first-order valence-electron chi connectivity index (χ1n) is 12.0. The second kappa shape index (κ2) is 12.8. The molecule has 2 aromatic carbocycles. The Kier molecular flexibility index (Phi) is 10.4. The minimum absolute atomic E-state index is 0.324. The van der Waals surface area contributed by atoms with Crippen LogP contribution in [0.2, 0.25) is 0 Å². The Balaban J connectivity index is 2.40. The Morgan fingerprint density at radius 1 is 1.03 bits per heavy atom. The molecule has 0 aliphatic rings. The van der Waals surface area contributed by atoms with Crippen molar-refractivity contribution in [3.8, 4) is 0 Å². The van der Waals surface area contributed by atoms with Crippen LogP contribution < -0.4 is 10.6 Å². The number of hydrogen-bond donors (Lipinski definition) is 2. The zero-order valence-corrected chi connectivity index (χ0v) is 23.4. The van der Waals surface area contributed by atoms with E-state index in [0.717, 1.165) is 22.4 Å². The molecule has 0 radical (unpaired) electrons. The van der Waals surface area contributed by atoms with Crippen molar-refractivity contribution < 1.29 is 19.1 Å². The number of nitrogens with one attached hydrogen (secondary N) is 2. The second-order valence-corrected chi connectivity index (χ2v) is 11.0. The van der Waals surface area contributed by atoms with Crippen LogP contribution in [0.3, 0.4) is 0 Å². The Morgan fingerprint density at radius 2 is 1.64 bits per heavy atom. The molecule has 36 heavy (non-hydrogen) atoms. The number of anilines is 1. The summed E-state index contributed by atoms with van der Waals surface area (Å²) >= 11 is 1.58. The quantitative estimate of drug-likeness (QED) is 0.469. The molecule has 0 spiro atoms.